The fraction of sp³-hybridized carbons (Fsp3) is 0.263. The van der Waals surface area contributed by atoms with Crippen LogP contribution in [-0.4, -0.2) is 30.0 Å². The van der Waals surface area contributed by atoms with Crippen LogP contribution in [0.3, 0.4) is 0 Å². The van der Waals surface area contributed by atoms with Crippen molar-refractivity contribution in [3.05, 3.63) is 63.7 Å². The van der Waals surface area contributed by atoms with E-state index in [1.54, 1.807) is 19.1 Å². The number of amides is 1. The van der Waals surface area contributed by atoms with E-state index < -0.39 is 23.4 Å². The van der Waals surface area contributed by atoms with Gasteiger partial charge in [0, 0.05) is 6.07 Å². The lowest BCUT2D eigenvalue weighted by atomic mass is 10.1. The van der Waals surface area contributed by atoms with Gasteiger partial charge in [-0.3, -0.25) is 19.7 Å². The van der Waals surface area contributed by atoms with E-state index in [9.17, 15) is 19.7 Å². The smallest absolute Gasteiger partial charge is 0.309 e. The molecule has 0 bridgehead atoms. The van der Waals surface area contributed by atoms with Crippen molar-refractivity contribution in [2.45, 2.75) is 20.3 Å². The normalized spacial score (nSPS) is 10.1. The van der Waals surface area contributed by atoms with Crippen LogP contribution in [0.15, 0.2) is 42.5 Å². The molecule has 0 fully saturated rings. The van der Waals surface area contributed by atoms with Crippen LogP contribution in [0.1, 0.15) is 17.5 Å². The predicted molar refractivity (Wildman–Crippen MR) is 98.7 cm³/mol. The van der Waals surface area contributed by atoms with Crippen molar-refractivity contribution in [3.8, 4) is 5.75 Å². The molecule has 0 heterocycles. The highest BCUT2D eigenvalue weighted by molar-refractivity contribution is 5.95. The summed E-state index contributed by atoms with van der Waals surface area (Å²) in [6.45, 7) is 3.11. The lowest BCUT2D eigenvalue weighted by molar-refractivity contribution is -0.384. The molecule has 0 spiro atoms. The van der Waals surface area contributed by atoms with E-state index in [4.69, 9.17) is 9.47 Å². The molecule has 0 aliphatic rings. The molecular formula is C19H20N2O6. The second-order valence-electron chi connectivity index (χ2n) is 5.80. The summed E-state index contributed by atoms with van der Waals surface area (Å²) in [5, 5.41) is 13.5. The van der Waals surface area contributed by atoms with Crippen molar-refractivity contribution >= 4 is 23.3 Å². The van der Waals surface area contributed by atoms with Crippen LogP contribution in [-0.2, 0) is 14.3 Å². The van der Waals surface area contributed by atoms with Crippen LogP contribution in [0.25, 0.3) is 0 Å². The van der Waals surface area contributed by atoms with Gasteiger partial charge < -0.3 is 14.8 Å². The van der Waals surface area contributed by atoms with E-state index in [2.05, 4.69) is 5.32 Å². The molecule has 0 aromatic heterocycles. The van der Waals surface area contributed by atoms with Gasteiger partial charge in [0.25, 0.3) is 11.6 Å². The zero-order valence-corrected chi connectivity index (χ0v) is 15.1. The number of nitrogens with zero attached hydrogens (tertiary/aromatic N) is 1. The molecule has 8 nitrogen and oxygen atoms in total. The number of hydrogen-bond donors (Lipinski definition) is 1. The van der Waals surface area contributed by atoms with Crippen LogP contribution in [0, 0.1) is 24.0 Å². The second-order valence-corrected chi connectivity index (χ2v) is 5.80. The summed E-state index contributed by atoms with van der Waals surface area (Å²) in [7, 11) is 0. The maximum absolute atomic E-state index is 11.9. The summed E-state index contributed by atoms with van der Waals surface area (Å²) >= 11 is 0. The summed E-state index contributed by atoms with van der Waals surface area (Å²) in [4.78, 5) is 34.1. The van der Waals surface area contributed by atoms with Crippen LogP contribution in [0.5, 0.6) is 5.75 Å². The highest BCUT2D eigenvalue weighted by atomic mass is 16.6. The molecule has 0 aliphatic carbocycles. The topological polar surface area (TPSA) is 108 Å². The van der Waals surface area contributed by atoms with Crippen molar-refractivity contribution in [2.24, 2.45) is 0 Å². The minimum absolute atomic E-state index is 0.0217. The Morgan fingerprint density at radius 2 is 1.78 bits per heavy atom. The molecule has 8 heteroatoms. The van der Waals surface area contributed by atoms with Gasteiger partial charge in [0.05, 0.1) is 18.0 Å². The summed E-state index contributed by atoms with van der Waals surface area (Å²) in [6.07, 6.45) is -0.0217. The van der Waals surface area contributed by atoms with Gasteiger partial charge in [-0.25, -0.2) is 0 Å². The molecular weight excluding hydrogens is 352 g/mol. The SMILES string of the molecule is Cc1ccccc1OCCC(=O)OCC(=O)Nc1c(C)cccc1[N+](=O)[O-]. The third-order valence-corrected chi connectivity index (χ3v) is 3.73. The van der Waals surface area contributed by atoms with Crippen molar-refractivity contribution in [1.29, 1.82) is 0 Å². The molecule has 0 saturated heterocycles. The molecule has 0 atom stereocenters. The summed E-state index contributed by atoms with van der Waals surface area (Å²) in [6, 6.07) is 11.8. The van der Waals surface area contributed by atoms with Gasteiger partial charge in [0.1, 0.15) is 11.4 Å². The van der Waals surface area contributed by atoms with Gasteiger partial charge in [-0.1, -0.05) is 30.3 Å². The van der Waals surface area contributed by atoms with E-state index in [0.717, 1.165) is 5.56 Å². The van der Waals surface area contributed by atoms with E-state index in [0.29, 0.717) is 11.3 Å². The molecule has 0 aliphatic heterocycles. The number of hydrogen-bond acceptors (Lipinski definition) is 6. The van der Waals surface area contributed by atoms with Crippen molar-refractivity contribution in [2.75, 3.05) is 18.5 Å². The Morgan fingerprint density at radius 1 is 1.07 bits per heavy atom. The van der Waals surface area contributed by atoms with Gasteiger partial charge in [0.15, 0.2) is 6.61 Å². The number of carbonyl (C=O) groups excluding carboxylic acids is 2. The first-order valence-corrected chi connectivity index (χ1v) is 8.26. The largest absolute Gasteiger partial charge is 0.493 e. The number of aryl methyl sites for hydroxylation is 2. The average molecular weight is 372 g/mol. The van der Waals surface area contributed by atoms with E-state index in [-0.39, 0.29) is 24.4 Å². The predicted octanol–water partition coefficient (Wildman–Crippen LogP) is 3.16. The number of benzene rings is 2. The number of rotatable bonds is 8. The number of carbonyl (C=O) groups is 2. The Bertz CT molecular complexity index is 850. The van der Waals surface area contributed by atoms with Gasteiger partial charge in [0.2, 0.25) is 0 Å². The Balaban J connectivity index is 1.80. The first-order chi connectivity index (χ1) is 12.9. The van der Waals surface area contributed by atoms with Gasteiger partial charge in [-0.15, -0.1) is 0 Å². The Morgan fingerprint density at radius 3 is 2.48 bits per heavy atom. The third kappa shape index (κ3) is 5.81. The minimum atomic E-state index is -0.652. The summed E-state index contributed by atoms with van der Waals surface area (Å²) in [5.41, 5.74) is 1.35. The lowest BCUT2D eigenvalue weighted by Gasteiger charge is -2.10. The van der Waals surface area contributed by atoms with Gasteiger partial charge >= 0.3 is 5.97 Å². The molecule has 1 N–H and O–H groups in total. The van der Waals surface area contributed by atoms with Gasteiger partial charge in [-0.05, 0) is 31.0 Å². The fourth-order valence-electron chi connectivity index (χ4n) is 2.32. The monoisotopic (exact) mass is 372 g/mol. The Labute approximate surface area is 156 Å². The highest BCUT2D eigenvalue weighted by Gasteiger charge is 2.18. The zero-order chi connectivity index (χ0) is 19.8. The first-order valence-electron chi connectivity index (χ1n) is 8.26. The molecule has 1 amide bonds. The standard InChI is InChI=1S/C19H20N2O6/c1-13-6-3-4-9-16(13)26-11-10-18(23)27-12-17(22)20-19-14(2)7-5-8-15(19)21(24)25/h3-9H,10-12H2,1-2H3,(H,20,22). The first kappa shape index (κ1) is 19.9. The van der Waals surface area contributed by atoms with Crippen LogP contribution in [0.2, 0.25) is 0 Å². The lowest BCUT2D eigenvalue weighted by Crippen LogP contribution is -2.22. The molecule has 0 unspecified atom stereocenters. The van der Waals surface area contributed by atoms with Gasteiger partial charge in [-0.2, -0.15) is 0 Å². The van der Waals surface area contributed by atoms with E-state index in [1.165, 1.54) is 12.1 Å². The molecule has 2 rings (SSSR count). The molecule has 27 heavy (non-hydrogen) atoms. The van der Waals surface area contributed by atoms with E-state index in [1.807, 2.05) is 25.1 Å². The number of anilines is 1. The maximum atomic E-state index is 11.9. The quantitative estimate of drug-likeness (QED) is 0.433. The summed E-state index contributed by atoms with van der Waals surface area (Å²) in [5.74, 6) is -0.575. The number of ether oxygens (including phenoxy) is 2. The van der Waals surface area contributed by atoms with Crippen LogP contribution < -0.4 is 10.1 Å². The van der Waals surface area contributed by atoms with Crippen molar-refractivity contribution in [3.63, 3.8) is 0 Å². The summed E-state index contributed by atoms with van der Waals surface area (Å²) < 4.78 is 10.4. The molecule has 0 saturated carbocycles. The molecule has 2 aromatic carbocycles. The number of esters is 1. The third-order valence-electron chi connectivity index (χ3n) is 3.73. The average Bonchev–Trinajstić information content (AvgIpc) is 2.63. The minimum Gasteiger partial charge on any atom is -0.493 e. The number of nitrogens with one attached hydrogen (secondary N) is 1. The van der Waals surface area contributed by atoms with Crippen molar-refractivity contribution < 1.29 is 24.0 Å². The Hall–Kier alpha value is -3.42. The highest BCUT2D eigenvalue weighted by Crippen LogP contribution is 2.27. The van der Waals surface area contributed by atoms with E-state index >= 15 is 0 Å². The fourth-order valence-corrected chi connectivity index (χ4v) is 2.32. The maximum Gasteiger partial charge on any atom is 0.309 e. The molecule has 142 valence electrons. The number of nitro groups is 1. The number of para-hydroxylation sites is 2. The molecule has 0 radical (unpaired) electrons. The second kappa shape index (κ2) is 9.33. The van der Waals surface area contributed by atoms with Crippen LogP contribution in [0.4, 0.5) is 11.4 Å². The van der Waals surface area contributed by atoms with Crippen LogP contribution >= 0.6 is 0 Å². The van der Waals surface area contributed by atoms with Crippen molar-refractivity contribution in [1.82, 2.24) is 0 Å². The molecule has 2 aromatic rings. The Kier molecular flexibility index (Phi) is 6.87. The zero-order valence-electron chi connectivity index (χ0n) is 15.1. The number of nitro benzene ring substituents is 1.